The van der Waals surface area contributed by atoms with Gasteiger partial charge in [0.15, 0.2) is 0 Å². The number of carbonyl (C=O) groups is 7. The SMILES string of the molecule is CC(C)[C@H](NC(=O)[C@H](N)CCCCNC(=O)COC1CCCCCc2c1nnn2CCOCCOCCOCCOCCC(=O)NCC[N+](C)(C)C)C(=O)N[C@@H](C)C(=O)Nc1ccc2c(c1)[C@@]1(C)CCC[C@](C)(C(=O)NC(=O)[C@@]3(C)CCC[C@]4(C)c5cc(N)ccc5CC[C@@H]34)[C@@H]1CC2. The Kier molecular flexibility index (Phi) is 27.8. The molecule has 0 aliphatic heterocycles. The molecule has 0 saturated heterocycles. The number of nitrogens with zero attached hydrogens (tertiary/aromatic N) is 4. The first-order valence-corrected chi connectivity index (χ1v) is 36.4. The number of fused-ring (bicyclic) bond motifs is 7. The normalized spacial score (nSPS) is 24.5. The third kappa shape index (κ3) is 20.0. The first-order chi connectivity index (χ1) is 46.7. The van der Waals surface area contributed by atoms with Crippen molar-refractivity contribution in [3.63, 3.8) is 0 Å². The number of nitrogen functional groups attached to an aromatic ring is 1. The van der Waals surface area contributed by atoms with E-state index in [1.165, 1.54) is 16.7 Å². The molecule has 8 rings (SSSR count). The topological polar surface area (TPSA) is 321 Å². The van der Waals surface area contributed by atoms with Crippen molar-refractivity contribution in [2.75, 3.05) is 111 Å². The molecule has 10 atom stereocenters. The zero-order valence-corrected chi connectivity index (χ0v) is 60.5. The first kappa shape index (κ1) is 77.3. The van der Waals surface area contributed by atoms with Gasteiger partial charge in [-0.25, -0.2) is 4.68 Å². The van der Waals surface area contributed by atoms with Crippen molar-refractivity contribution >= 4 is 52.7 Å². The van der Waals surface area contributed by atoms with E-state index in [0.29, 0.717) is 110 Å². The zero-order valence-electron chi connectivity index (χ0n) is 60.5. The maximum absolute atomic E-state index is 14.8. The van der Waals surface area contributed by atoms with Gasteiger partial charge in [0, 0.05) is 24.3 Å². The molecule has 7 amide bonds. The standard InChI is InChI=1S/C74H116N12O12/c1-49(2)64(81-67(90)57(76)18-14-15-34-77-63(88)48-98-59-20-13-11-12-19-58-65(59)83-84-85(58)36-39-95-41-43-97-45-44-96-42-40-94-38-29-62(87)78-35-37-86(8,9)10)68(91)79-50(3)66(89)80-54-26-22-52-24-28-61-72(5,56(52)47-54)31-17-33-74(61,7)70(93)82-69(92)73(6)32-16-30-71(4)55-46-53(75)25-21-51(55)23-27-60(71)73/h21-22,25-26,46-47,49-50,57,59-61,64H,11-20,23-24,27-45,48,75-76H2,1-10H3,(H5-,77,78,79,80,81,82,87,88,89,90,91,92,93)/p+1/t50-,57+,59?,60+,61+,64-,71+,72+,73-,74-/m0/s1. The number of likely N-dealkylation sites (N-methyl/N-ethyl adjacent to an activating group) is 1. The van der Waals surface area contributed by atoms with Crippen LogP contribution in [0.3, 0.4) is 0 Å². The number of nitrogens with one attached hydrogen (secondary N) is 6. The molecule has 1 aromatic heterocycles. The minimum atomic E-state index is -0.964. The Morgan fingerprint density at radius 3 is 1.86 bits per heavy atom. The second-order valence-corrected chi connectivity index (χ2v) is 30.6. The number of benzene rings is 2. The van der Waals surface area contributed by atoms with E-state index in [1.807, 2.05) is 49.7 Å². The van der Waals surface area contributed by atoms with Crippen molar-refractivity contribution in [2.24, 2.45) is 34.3 Å². The molecule has 2 fully saturated rings. The van der Waals surface area contributed by atoms with Crippen molar-refractivity contribution < 1.29 is 61.7 Å². The van der Waals surface area contributed by atoms with Gasteiger partial charge >= 0.3 is 0 Å². The van der Waals surface area contributed by atoms with Crippen LogP contribution in [-0.2, 0) is 93.9 Å². The van der Waals surface area contributed by atoms with Crippen LogP contribution in [-0.4, -0.2) is 179 Å². The average Bonchev–Trinajstić information content (AvgIpc) is 0.836. The molecule has 3 aromatic rings. The summed E-state index contributed by atoms with van der Waals surface area (Å²) >= 11 is 0. The molecule has 1 heterocycles. The van der Waals surface area contributed by atoms with Crippen molar-refractivity contribution in [1.29, 1.82) is 0 Å². The van der Waals surface area contributed by atoms with Crippen molar-refractivity contribution in [1.82, 2.24) is 41.6 Å². The van der Waals surface area contributed by atoms with Crippen LogP contribution < -0.4 is 43.4 Å². The predicted molar refractivity (Wildman–Crippen MR) is 375 cm³/mol. The lowest BCUT2D eigenvalue weighted by atomic mass is 9.49. The summed E-state index contributed by atoms with van der Waals surface area (Å²) in [6.07, 6.45) is 14.0. The van der Waals surface area contributed by atoms with Crippen LogP contribution >= 0.6 is 0 Å². The van der Waals surface area contributed by atoms with Crippen LogP contribution in [0.5, 0.6) is 0 Å². The van der Waals surface area contributed by atoms with E-state index >= 15 is 0 Å². The van der Waals surface area contributed by atoms with E-state index in [-0.39, 0.29) is 59.5 Å². The number of anilines is 2. The van der Waals surface area contributed by atoms with E-state index in [0.717, 1.165) is 124 Å². The van der Waals surface area contributed by atoms with E-state index in [9.17, 15) is 33.6 Å². The molecule has 544 valence electrons. The summed E-state index contributed by atoms with van der Waals surface area (Å²) in [5.74, 6) is -2.41. The van der Waals surface area contributed by atoms with E-state index in [2.05, 4.69) is 96.3 Å². The monoisotopic (exact) mass is 1370 g/mol. The minimum absolute atomic E-state index is 0.0156. The predicted octanol–water partition coefficient (Wildman–Crippen LogP) is 6.58. The molecule has 24 nitrogen and oxygen atoms in total. The number of carbonyl (C=O) groups excluding carboxylic acids is 7. The summed E-state index contributed by atoms with van der Waals surface area (Å²) in [6.45, 7) is 19.4. The molecule has 2 aromatic carbocycles. The molecule has 1 unspecified atom stereocenters. The van der Waals surface area contributed by atoms with Gasteiger partial charge in [-0.2, -0.15) is 0 Å². The molecule has 5 aliphatic carbocycles. The maximum Gasteiger partial charge on any atom is 0.246 e. The van der Waals surface area contributed by atoms with Crippen LogP contribution in [0, 0.1) is 28.6 Å². The van der Waals surface area contributed by atoms with Gasteiger partial charge in [-0.1, -0.05) is 84.6 Å². The fraction of sp³-hybridized carbons (Fsp3) is 0.716. The molecule has 0 bridgehead atoms. The Balaban J connectivity index is 0.707. The maximum atomic E-state index is 14.8. The van der Waals surface area contributed by atoms with Crippen LogP contribution in [0.15, 0.2) is 36.4 Å². The fourth-order valence-corrected chi connectivity index (χ4v) is 16.3. The number of unbranched alkanes of at least 4 members (excludes halogenated alkanes) is 1. The second kappa shape index (κ2) is 35.3. The van der Waals surface area contributed by atoms with Crippen LogP contribution in [0.2, 0.25) is 0 Å². The van der Waals surface area contributed by atoms with Gasteiger partial charge in [0.2, 0.25) is 41.4 Å². The average molecular weight is 1370 g/mol. The number of nitrogens with two attached hydrogens (primary N) is 2. The summed E-state index contributed by atoms with van der Waals surface area (Å²) in [4.78, 5) is 95.6. The third-order valence-electron chi connectivity index (χ3n) is 22.0. The third-order valence-corrected chi connectivity index (χ3v) is 22.0. The van der Waals surface area contributed by atoms with Crippen molar-refractivity contribution in [3.05, 3.63) is 70.0 Å². The quantitative estimate of drug-likeness (QED) is 0.0134. The van der Waals surface area contributed by atoms with Crippen LogP contribution in [0.25, 0.3) is 0 Å². The number of quaternary nitrogens is 1. The molecular weight excluding hydrogens is 1250 g/mol. The Hall–Kier alpha value is -6.41. The highest BCUT2D eigenvalue weighted by atomic mass is 16.6. The van der Waals surface area contributed by atoms with E-state index in [1.54, 1.807) is 6.92 Å². The number of hydrogen-bond acceptors (Lipinski definition) is 16. The highest BCUT2D eigenvalue weighted by molar-refractivity contribution is 6.01. The van der Waals surface area contributed by atoms with Crippen molar-refractivity contribution in [3.8, 4) is 0 Å². The molecule has 24 heteroatoms. The van der Waals surface area contributed by atoms with Gasteiger partial charge in [-0.3, -0.25) is 38.9 Å². The second-order valence-electron chi connectivity index (χ2n) is 30.6. The highest BCUT2D eigenvalue weighted by Gasteiger charge is 2.58. The molecule has 5 aliphatic rings. The van der Waals surface area contributed by atoms with E-state index in [4.69, 9.17) is 35.2 Å². The highest BCUT2D eigenvalue weighted by Crippen LogP contribution is 2.60. The number of amides is 7. The minimum Gasteiger partial charge on any atom is -0.399 e. The zero-order chi connectivity index (χ0) is 70.8. The summed E-state index contributed by atoms with van der Waals surface area (Å²) in [6, 6.07) is 9.31. The Labute approximate surface area is 581 Å². The number of hydrogen-bond donors (Lipinski definition) is 8. The number of imide groups is 1. The molecular formula is C74H117N12O12+. The van der Waals surface area contributed by atoms with Gasteiger partial charge in [-0.05, 0) is 172 Å². The number of rotatable bonds is 35. The summed E-state index contributed by atoms with van der Waals surface area (Å²) in [7, 11) is 6.25. The van der Waals surface area contributed by atoms with Gasteiger partial charge in [-0.15, -0.1) is 5.10 Å². The van der Waals surface area contributed by atoms with Gasteiger partial charge in [0.05, 0.1) is 116 Å². The Morgan fingerprint density at radius 2 is 1.23 bits per heavy atom. The fourth-order valence-electron chi connectivity index (χ4n) is 16.3. The molecule has 10 N–H and O–H groups in total. The largest absolute Gasteiger partial charge is 0.399 e. The van der Waals surface area contributed by atoms with Gasteiger partial charge < -0.3 is 66.2 Å². The van der Waals surface area contributed by atoms with E-state index < -0.39 is 52.1 Å². The Morgan fingerprint density at radius 1 is 0.643 bits per heavy atom. The van der Waals surface area contributed by atoms with Gasteiger partial charge in [0.25, 0.3) is 0 Å². The lowest BCUT2D eigenvalue weighted by Crippen LogP contribution is -2.60. The number of aryl methyl sites for hydroxylation is 2. The molecule has 2 saturated carbocycles. The summed E-state index contributed by atoms with van der Waals surface area (Å²) in [5, 5.41) is 26.5. The Bertz CT molecular complexity index is 3210. The summed E-state index contributed by atoms with van der Waals surface area (Å²) in [5.41, 5.74) is 18.4. The van der Waals surface area contributed by atoms with Crippen LogP contribution in [0.1, 0.15) is 191 Å². The first-order valence-electron chi connectivity index (χ1n) is 36.4. The lowest BCUT2D eigenvalue weighted by molar-refractivity contribution is -0.869. The number of ether oxygens (including phenoxy) is 5. The van der Waals surface area contributed by atoms with Crippen LogP contribution in [0.4, 0.5) is 11.4 Å². The molecule has 0 spiro atoms. The molecule has 98 heavy (non-hydrogen) atoms. The number of aromatic nitrogens is 3. The summed E-state index contributed by atoms with van der Waals surface area (Å²) < 4.78 is 31.4. The smallest absolute Gasteiger partial charge is 0.246 e. The van der Waals surface area contributed by atoms with Crippen molar-refractivity contribution in [2.45, 2.75) is 212 Å². The molecule has 0 radical (unpaired) electrons. The van der Waals surface area contributed by atoms with Gasteiger partial charge in [0.1, 0.15) is 30.5 Å². The lowest BCUT2D eigenvalue weighted by Gasteiger charge is -2.56.